The maximum atomic E-state index is 11.5. The number of rotatable bonds is 3. The van der Waals surface area contributed by atoms with E-state index in [1.807, 2.05) is 16.8 Å². The molecular formula is C14H24N2O4. The zero-order valence-electron chi connectivity index (χ0n) is 12.3. The Bertz CT molecular complexity index is 377. The van der Waals surface area contributed by atoms with Gasteiger partial charge in [-0.15, -0.1) is 0 Å². The number of ether oxygens (including phenoxy) is 1. The van der Waals surface area contributed by atoms with Gasteiger partial charge in [0.25, 0.3) is 0 Å². The van der Waals surface area contributed by atoms with Crippen molar-refractivity contribution < 1.29 is 19.4 Å². The van der Waals surface area contributed by atoms with Gasteiger partial charge in [0.15, 0.2) is 0 Å². The standard InChI is InChI=1S/C14H24N2O4/c1-11(17)15(2)12-3-8-20-14(9-12)4-6-16(7-5-14)10-13(18)19/h12H,3-10H2,1-2H3,(H,18,19)/t12-/m1/s1. The van der Waals surface area contributed by atoms with Crippen LogP contribution in [-0.4, -0.2) is 71.7 Å². The molecule has 0 aromatic rings. The number of likely N-dealkylation sites (tertiary alicyclic amines) is 1. The summed E-state index contributed by atoms with van der Waals surface area (Å²) in [5, 5.41) is 8.83. The Kier molecular flexibility index (Phi) is 4.65. The number of carboxylic acids is 1. The highest BCUT2D eigenvalue weighted by molar-refractivity contribution is 5.73. The molecule has 2 fully saturated rings. The van der Waals surface area contributed by atoms with Crippen LogP contribution in [0.5, 0.6) is 0 Å². The fraction of sp³-hybridized carbons (Fsp3) is 0.857. The number of carbonyl (C=O) groups is 2. The number of piperidine rings is 1. The van der Waals surface area contributed by atoms with Crippen molar-refractivity contribution in [2.45, 2.75) is 44.2 Å². The Morgan fingerprint density at radius 1 is 1.40 bits per heavy atom. The molecule has 1 spiro atoms. The quantitative estimate of drug-likeness (QED) is 0.820. The third-order valence-corrected chi connectivity index (χ3v) is 4.64. The summed E-state index contributed by atoms with van der Waals surface area (Å²) in [4.78, 5) is 26.0. The van der Waals surface area contributed by atoms with Gasteiger partial charge in [0.1, 0.15) is 0 Å². The van der Waals surface area contributed by atoms with Crippen molar-refractivity contribution in [2.75, 3.05) is 33.3 Å². The summed E-state index contributed by atoms with van der Waals surface area (Å²) in [7, 11) is 1.85. The van der Waals surface area contributed by atoms with Crippen LogP contribution >= 0.6 is 0 Å². The topological polar surface area (TPSA) is 70.1 Å². The van der Waals surface area contributed by atoms with Gasteiger partial charge in [0, 0.05) is 39.7 Å². The second-order valence-electron chi connectivity index (χ2n) is 5.98. The van der Waals surface area contributed by atoms with Gasteiger partial charge >= 0.3 is 5.97 Å². The molecule has 2 saturated heterocycles. The average Bonchev–Trinajstić information content (AvgIpc) is 2.40. The average molecular weight is 284 g/mol. The summed E-state index contributed by atoms with van der Waals surface area (Å²) in [5.74, 6) is -0.685. The molecule has 0 aromatic heterocycles. The third kappa shape index (κ3) is 3.49. The zero-order valence-corrected chi connectivity index (χ0v) is 12.3. The largest absolute Gasteiger partial charge is 0.480 e. The summed E-state index contributed by atoms with van der Waals surface area (Å²) in [6, 6.07) is 0.243. The molecule has 0 saturated carbocycles. The molecule has 0 radical (unpaired) electrons. The van der Waals surface area contributed by atoms with Gasteiger partial charge in [0.05, 0.1) is 12.1 Å². The van der Waals surface area contributed by atoms with Gasteiger partial charge in [0.2, 0.25) is 5.91 Å². The first-order chi connectivity index (χ1) is 9.42. The molecule has 2 heterocycles. The smallest absolute Gasteiger partial charge is 0.317 e. The van der Waals surface area contributed by atoms with Gasteiger partial charge < -0.3 is 14.7 Å². The molecule has 0 aromatic carbocycles. The van der Waals surface area contributed by atoms with E-state index < -0.39 is 5.97 Å². The van der Waals surface area contributed by atoms with E-state index in [2.05, 4.69) is 0 Å². The van der Waals surface area contributed by atoms with Gasteiger partial charge in [-0.05, 0) is 25.7 Å². The van der Waals surface area contributed by atoms with E-state index in [4.69, 9.17) is 9.84 Å². The van der Waals surface area contributed by atoms with E-state index in [1.54, 1.807) is 6.92 Å². The van der Waals surface area contributed by atoms with E-state index in [9.17, 15) is 9.59 Å². The summed E-state index contributed by atoms with van der Waals surface area (Å²) in [6.07, 6.45) is 3.45. The van der Waals surface area contributed by atoms with Gasteiger partial charge in [-0.25, -0.2) is 0 Å². The summed E-state index contributed by atoms with van der Waals surface area (Å²) in [6.45, 7) is 3.89. The number of carbonyl (C=O) groups excluding carboxylic acids is 1. The molecule has 1 atom stereocenters. The third-order valence-electron chi connectivity index (χ3n) is 4.64. The van der Waals surface area contributed by atoms with Gasteiger partial charge in [-0.2, -0.15) is 0 Å². The lowest BCUT2D eigenvalue weighted by molar-refractivity contribution is -0.151. The van der Waals surface area contributed by atoms with Crippen molar-refractivity contribution in [1.82, 2.24) is 9.80 Å². The lowest BCUT2D eigenvalue weighted by Gasteiger charge is -2.47. The van der Waals surface area contributed by atoms with Crippen LogP contribution < -0.4 is 0 Å². The molecule has 1 N–H and O–H groups in total. The molecule has 114 valence electrons. The predicted molar refractivity (Wildman–Crippen MR) is 73.5 cm³/mol. The Labute approximate surface area is 119 Å². The lowest BCUT2D eigenvalue weighted by Crippen LogP contribution is -2.54. The van der Waals surface area contributed by atoms with Crippen molar-refractivity contribution in [3.8, 4) is 0 Å². The van der Waals surface area contributed by atoms with E-state index in [1.165, 1.54) is 0 Å². The van der Waals surface area contributed by atoms with Crippen molar-refractivity contribution >= 4 is 11.9 Å². The molecule has 0 unspecified atom stereocenters. The van der Waals surface area contributed by atoms with Crippen molar-refractivity contribution in [2.24, 2.45) is 0 Å². The zero-order chi connectivity index (χ0) is 14.8. The molecular weight excluding hydrogens is 260 g/mol. The first kappa shape index (κ1) is 15.3. The lowest BCUT2D eigenvalue weighted by atomic mass is 9.82. The molecule has 6 heteroatoms. The molecule has 2 rings (SSSR count). The Balaban J connectivity index is 1.92. The van der Waals surface area contributed by atoms with Crippen LogP contribution in [0, 0.1) is 0 Å². The predicted octanol–water partition coefficient (Wildman–Crippen LogP) is 0.563. The SMILES string of the molecule is CC(=O)N(C)[C@@H]1CCOC2(CCN(CC(=O)O)CC2)C1. The summed E-state index contributed by atoms with van der Waals surface area (Å²) < 4.78 is 6.01. The number of hydrogen-bond acceptors (Lipinski definition) is 4. The number of nitrogens with zero attached hydrogens (tertiary/aromatic N) is 2. The number of carboxylic acid groups (broad SMARTS) is 1. The first-order valence-electron chi connectivity index (χ1n) is 7.23. The Morgan fingerprint density at radius 3 is 2.60 bits per heavy atom. The molecule has 2 aliphatic heterocycles. The van der Waals surface area contributed by atoms with Crippen LogP contribution in [0.15, 0.2) is 0 Å². The Hall–Kier alpha value is -1.14. The number of aliphatic carboxylic acids is 1. The van der Waals surface area contributed by atoms with Crippen molar-refractivity contribution in [3.63, 3.8) is 0 Å². The monoisotopic (exact) mass is 284 g/mol. The summed E-state index contributed by atoms with van der Waals surface area (Å²) in [5.41, 5.74) is -0.165. The number of amides is 1. The van der Waals surface area contributed by atoms with Crippen LogP contribution in [0.4, 0.5) is 0 Å². The highest BCUT2D eigenvalue weighted by Gasteiger charge is 2.41. The number of hydrogen-bond donors (Lipinski definition) is 1. The molecule has 0 bridgehead atoms. The van der Waals surface area contributed by atoms with Gasteiger partial charge in [-0.1, -0.05) is 0 Å². The molecule has 1 amide bonds. The van der Waals surface area contributed by atoms with Crippen molar-refractivity contribution in [1.29, 1.82) is 0 Å². The van der Waals surface area contributed by atoms with E-state index >= 15 is 0 Å². The van der Waals surface area contributed by atoms with Crippen LogP contribution in [0.25, 0.3) is 0 Å². The molecule has 2 aliphatic rings. The van der Waals surface area contributed by atoms with Crippen LogP contribution in [0.1, 0.15) is 32.6 Å². The fourth-order valence-electron chi connectivity index (χ4n) is 3.25. The van der Waals surface area contributed by atoms with Gasteiger partial charge in [-0.3, -0.25) is 14.5 Å². The molecule has 0 aliphatic carbocycles. The highest BCUT2D eigenvalue weighted by atomic mass is 16.5. The van der Waals surface area contributed by atoms with Crippen LogP contribution in [0.2, 0.25) is 0 Å². The second-order valence-corrected chi connectivity index (χ2v) is 5.98. The van der Waals surface area contributed by atoms with E-state index in [0.717, 1.165) is 38.8 Å². The normalized spacial score (nSPS) is 26.4. The first-order valence-corrected chi connectivity index (χ1v) is 7.23. The minimum atomic E-state index is -0.778. The van der Waals surface area contributed by atoms with E-state index in [-0.39, 0.29) is 24.1 Å². The van der Waals surface area contributed by atoms with Crippen molar-refractivity contribution in [3.05, 3.63) is 0 Å². The van der Waals surface area contributed by atoms with Crippen LogP contribution in [-0.2, 0) is 14.3 Å². The maximum Gasteiger partial charge on any atom is 0.317 e. The molecule has 20 heavy (non-hydrogen) atoms. The fourth-order valence-corrected chi connectivity index (χ4v) is 3.25. The van der Waals surface area contributed by atoms with E-state index in [0.29, 0.717) is 6.61 Å². The molecule has 6 nitrogen and oxygen atoms in total. The Morgan fingerprint density at radius 2 is 2.05 bits per heavy atom. The van der Waals surface area contributed by atoms with Crippen LogP contribution in [0.3, 0.4) is 0 Å². The highest BCUT2D eigenvalue weighted by Crippen LogP contribution is 2.36. The summed E-state index contributed by atoms with van der Waals surface area (Å²) >= 11 is 0. The minimum absolute atomic E-state index is 0.0929. The minimum Gasteiger partial charge on any atom is -0.480 e. The maximum absolute atomic E-state index is 11.5. The second kappa shape index (κ2) is 6.10.